The van der Waals surface area contributed by atoms with E-state index >= 15 is 0 Å². The molecule has 6 rings (SSSR count). The number of carbonyl (C=O) groups is 1. The van der Waals surface area contributed by atoms with Crippen molar-refractivity contribution in [3.8, 4) is 28.6 Å². The summed E-state index contributed by atoms with van der Waals surface area (Å²) in [6.07, 6.45) is -0.404. The van der Waals surface area contributed by atoms with Crippen molar-refractivity contribution < 1.29 is 28.3 Å². The lowest BCUT2D eigenvalue weighted by molar-refractivity contribution is -0.136. The maximum Gasteiger partial charge on any atom is 0.307 e. The van der Waals surface area contributed by atoms with Crippen molar-refractivity contribution in [1.82, 2.24) is 0 Å². The fourth-order valence-corrected chi connectivity index (χ4v) is 4.30. The van der Waals surface area contributed by atoms with Gasteiger partial charge in [-0.15, -0.1) is 0 Å². The Balaban J connectivity index is 1.72. The van der Waals surface area contributed by atoms with Gasteiger partial charge < -0.3 is 23.5 Å². The van der Waals surface area contributed by atoms with Gasteiger partial charge in [0, 0.05) is 28.6 Å². The van der Waals surface area contributed by atoms with E-state index in [2.05, 4.69) is 0 Å². The molecular formula is C27H16O7. The Morgan fingerprint density at radius 2 is 1.56 bits per heavy atom. The molecule has 166 valence electrons. The summed E-state index contributed by atoms with van der Waals surface area (Å²) in [4.78, 5) is 24.8. The second kappa shape index (κ2) is 7.38. The Bertz CT molecular complexity index is 1750. The number of benzene rings is 3. The molecule has 0 radical (unpaired) electrons. The van der Waals surface area contributed by atoms with E-state index in [4.69, 9.17) is 13.3 Å². The van der Waals surface area contributed by atoms with E-state index in [-0.39, 0.29) is 33.8 Å². The van der Waals surface area contributed by atoms with Gasteiger partial charge in [-0.25, -0.2) is 0 Å². The molecule has 0 saturated carbocycles. The lowest BCUT2D eigenvalue weighted by atomic mass is 10.0. The molecule has 0 amide bonds. The molecule has 3 aromatic carbocycles. The van der Waals surface area contributed by atoms with Crippen molar-refractivity contribution in [2.45, 2.75) is 6.42 Å². The quantitative estimate of drug-likeness (QED) is 0.340. The van der Waals surface area contributed by atoms with Crippen molar-refractivity contribution in [2.75, 3.05) is 0 Å². The second-order valence-electron chi connectivity index (χ2n) is 7.94. The van der Waals surface area contributed by atoms with E-state index in [1.807, 2.05) is 36.4 Å². The normalized spacial score (nSPS) is 11.5. The lowest BCUT2D eigenvalue weighted by Crippen LogP contribution is -2.03. The minimum Gasteiger partial charge on any atom is -0.507 e. The topological polar surface area (TPSA) is 114 Å². The number of rotatable bonds is 4. The zero-order valence-corrected chi connectivity index (χ0v) is 17.6. The predicted octanol–water partition coefficient (Wildman–Crippen LogP) is 5.95. The minimum absolute atomic E-state index is 0.0456. The van der Waals surface area contributed by atoms with Crippen LogP contribution in [0.15, 0.2) is 90.8 Å². The fraction of sp³-hybridized carbons (Fsp3) is 0.0370. The zero-order valence-electron chi connectivity index (χ0n) is 17.6. The molecule has 6 aromatic rings. The van der Waals surface area contributed by atoms with Gasteiger partial charge >= 0.3 is 5.97 Å². The highest BCUT2D eigenvalue weighted by molar-refractivity contribution is 6.10. The number of furan rings is 2. The van der Waals surface area contributed by atoms with Crippen LogP contribution in [0.1, 0.15) is 5.56 Å². The molecule has 7 nitrogen and oxygen atoms in total. The first kappa shape index (κ1) is 19.9. The van der Waals surface area contributed by atoms with Gasteiger partial charge in [-0.3, -0.25) is 9.59 Å². The number of para-hydroxylation sites is 1. The van der Waals surface area contributed by atoms with Crippen molar-refractivity contribution >= 4 is 38.9 Å². The first-order valence-corrected chi connectivity index (χ1v) is 10.5. The monoisotopic (exact) mass is 452 g/mol. The number of aromatic hydroxyl groups is 1. The third-order valence-corrected chi connectivity index (χ3v) is 5.77. The third kappa shape index (κ3) is 3.06. The summed E-state index contributed by atoms with van der Waals surface area (Å²) in [7, 11) is 0. The molecule has 0 aliphatic rings. The number of hydrogen-bond acceptors (Lipinski definition) is 6. The number of carboxylic acid groups (broad SMARTS) is 1. The van der Waals surface area contributed by atoms with Gasteiger partial charge in [0.2, 0.25) is 0 Å². The summed E-state index contributed by atoms with van der Waals surface area (Å²) in [6, 6.07) is 20.8. The van der Waals surface area contributed by atoms with Gasteiger partial charge in [0.1, 0.15) is 28.1 Å². The van der Waals surface area contributed by atoms with E-state index in [1.165, 1.54) is 12.1 Å². The van der Waals surface area contributed by atoms with Crippen LogP contribution in [0.4, 0.5) is 0 Å². The first-order valence-electron chi connectivity index (χ1n) is 10.5. The fourth-order valence-electron chi connectivity index (χ4n) is 4.30. The Morgan fingerprint density at radius 1 is 0.794 bits per heavy atom. The highest BCUT2D eigenvalue weighted by Gasteiger charge is 2.26. The van der Waals surface area contributed by atoms with Gasteiger partial charge in [-0.1, -0.05) is 48.5 Å². The molecule has 3 heterocycles. The van der Waals surface area contributed by atoms with Gasteiger partial charge in [-0.2, -0.15) is 0 Å². The number of hydrogen-bond donors (Lipinski definition) is 2. The van der Waals surface area contributed by atoms with Gasteiger partial charge in [0.05, 0.1) is 11.8 Å². The molecule has 2 N–H and O–H groups in total. The largest absolute Gasteiger partial charge is 0.507 e. The van der Waals surface area contributed by atoms with Crippen LogP contribution in [-0.4, -0.2) is 16.2 Å². The SMILES string of the molecule is O=C(O)Cc1c(-c2cc3ccccc3o2)oc2cc(O)c3c(=O)cc(-c4ccccc4)oc3c12. The molecule has 0 atom stereocenters. The smallest absolute Gasteiger partial charge is 0.307 e. The number of aliphatic carboxylic acids is 1. The average Bonchev–Trinajstić information content (AvgIpc) is 3.40. The summed E-state index contributed by atoms with van der Waals surface area (Å²) in [5.41, 5.74) is 1.37. The van der Waals surface area contributed by atoms with Crippen molar-refractivity contribution in [3.05, 3.63) is 88.6 Å². The summed E-state index contributed by atoms with van der Waals surface area (Å²) in [5.74, 6) is -0.584. The molecule has 7 heteroatoms. The Labute approximate surface area is 191 Å². The summed E-state index contributed by atoms with van der Waals surface area (Å²) in [5, 5.41) is 21.4. The van der Waals surface area contributed by atoms with Crippen LogP contribution in [0.5, 0.6) is 5.75 Å². The van der Waals surface area contributed by atoms with Gasteiger partial charge in [-0.05, 0) is 12.1 Å². The molecular weight excluding hydrogens is 436 g/mol. The Kier molecular flexibility index (Phi) is 4.31. The van der Waals surface area contributed by atoms with E-state index in [1.54, 1.807) is 24.3 Å². The third-order valence-electron chi connectivity index (χ3n) is 5.77. The van der Waals surface area contributed by atoms with Crippen LogP contribution < -0.4 is 5.43 Å². The molecule has 3 aromatic heterocycles. The van der Waals surface area contributed by atoms with Gasteiger partial charge in [0.15, 0.2) is 22.5 Å². The maximum absolute atomic E-state index is 13.0. The summed E-state index contributed by atoms with van der Waals surface area (Å²) in [6.45, 7) is 0. The lowest BCUT2D eigenvalue weighted by Gasteiger charge is -2.06. The molecule has 0 aliphatic carbocycles. The second-order valence-corrected chi connectivity index (χ2v) is 7.94. The molecule has 0 spiro atoms. The molecule has 0 fully saturated rings. The molecule has 0 bridgehead atoms. The van der Waals surface area contributed by atoms with Gasteiger partial charge in [0.25, 0.3) is 0 Å². The van der Waals surface area contributed by atoms with Crippen molar-refractivity contribution in [1.29, 1.82) is 0 Å². The highest BCUT2D eigenvalue weighted by Crippen LogP contribution is 2.42. The Hall–Kier alpha value is -4.78. The van der Waals surface area contributed by atoms with Crippen LogP contribution in [0.25, 0.3) is 55.8 Å². The molecule has 0 saturated heterocycles. The number of phenols is 1. The van der Waals surface area contributed by atoms with Crippen LogP contribution in [0, 0.1) is 0 Å². The standard InChI is InChI=1S/C27H16O7/c28-17-12-20(14-6-2-1-3-7-14)33-27-24-16(11-23(30)31)26(34-21(24)13-18(29)25(17)27)22-10-15-8-4-5-9-19(15)32-22/h1-10,12-13,29H,11H2,(H,30,31). The van der Waals surface area contributed by atoms with E-state index in [9.17, 15) is 19.8 Å². The Morgan fingerprint density at radius 3 is 2.32 bits per heavy atom. The summed E-state index contributed by atoms with van der Waals surface area (Å²) < 4.78 is 18.0. The number of phenolic OH excluding ortho intramolecular Hbond substituents is 1. The molecule has 0 aliphatic heterocycles. The first-order chi connectivity index (χ1) is 16.5. The maximum atomic E-state index is 13.0. The highest BCUT2D eigenvalue weighted by atomic mass is 16.4. The molecule has 34 heavy (non-hydrogen) atoms. The van der Waals surface area contributed by atoms with Crippen molar-refractivity contribution in [2.24, 2.45) is 0 Å². The van der Waals surface area contributed by atoms with E-state index in [0.29, 0.717) is 27.9 Å². The average molecular weight is 452 g/mol. The van der Waals surface area contributed by atoms with Crippen LogP contribution in [0.2, 0.25) is 0 Å². The molecule has 0 unspecified atom stereocenters. The number of fused-ring (bicyclic) bond motifs is 4. The van der Waals surface area contributed by atoms with E-state index in [0.717, 1.165) is 5.39 Å². The van der Waals surface area contributed by atoms with Crippen LogP contribution in [0.3, 0.4) is 0 Å². The number of carboxylic acids is 1. The van der Waals surface area contributed by atoms with Crippen molar-refractivity contribution in [3.63, 3.8) is 0 Å². The van der Waals surface area contributed by atoms with Crippen LogP contribution in [-0.2, 0) is 11.2 Å². The minimum atomic E-state index is -1.09. The van der Waals surface area contributed by atoms with Crippen LogP contribution >= 0.6 is 0 Å². The van der Waals surface area contributed by atoms with E-state index < -0.39 is 17.8 Å². The zero-order chi connectivity index (χ0) is 23.4. The predicted molar refractivity (Wildman–Crippen MR) is 126 cm³/mol. The summed E-state index contributed by atoms with van der Waals surface area (Å²) >= 11 is 0.